The Bertz CT molecular complexity index is 803. The van der Waals surface area contributed by atoms with E-state index in [9.17, 15) is 45.6 Å². The van der Waals surface area contributed by atoms with Crippen LogP contribution in [-0.2, 0) is 33.2 Å². The highest BCUT2D eigenvalue weighted by Gasteiger charge is 2.53. The van der Waals surface area contributed by atoms with Gasteiger partial charge in [-0.2, -0.15) is 0 Å². The van der Waals surface area contributed by atoms with Gasteiger partial charge < -0.3 is 74.6 Å². The number of aliphatic hydroxyl groups excluding tert-OH is 8. The molecule has 3 fully saturated rings. The highest BCUT2D eigenvalue weighted by atomic mass is 16.7. The molecule has 0 aliphatic carbocycles. The molecule has 0 unspecified atom stereocenters. The molecule has 0 bridgehead atoms. The maximum atomic E-state index is 12.0. The third-order valence-corrected chi connectivity index (χ3v) is 6.81. The number of nitrogens with one attached hydrogen (secondary N) is 1. The van der Waals surface area contributed by atoms with E-state index in [0.717, 1.165) is 6.92 Å². The van der Waals surface area contributed by atoms with Crippen LogP contribution in [0.5, 0.6) is 0 Å². The van der Waals surface area contributed by atoms with Crippen molar-refractivity contribution in [3.05, 3.63) is 12.7 Å². The van der Waals surface area contributed by atoms with Crippen molar-refractivity contribution in [3.63, 3.8) is 0 Å². The third kappa shape index (κ3) is 7.11. The lowest BCUT2D eigenvalue weighted by molar-refractivity contribution is -0.365. The summed E-state index contributed by atoms with van der Waals surface area (Å²) in [7, 11) is 0. The molecule has 3 rings (SSSR count). The molecular weight excluding hydrogens is 530 g/mol. The second-order valence-corrected chi connectivity index (χ2v) is 9.65. The summed E-state index contributed by atoms with van der Waals surface area (Å²) in [5.41, 5.74) is 0. The first-order chi connectivity index (χ1) is 18.4. The summed E-state index contributed by atoms with van der Waals surface area (Å²) in [5.74, 6) is -0.626. The van der Waals surface area contributed by atoms with Crippen molar-refractivity contribution < 1.29 is 74.1 Å². The fraction of sp³-hybridized carbons (Fsp3) is 0.870. The highest BCUT2D eigenvalue weighted by molar-refractivity contribution is 5.73. The van der Waals surface area contributed by atoms with E-state index in [1.165, 1.54) is 13.0 Å². The molecule has 0 saturated carbocycles. The Morgan fingerprint density at radius 2 is 1.41 bits per heavy atom. The van der Waals surface area contributed by atoms with Gasteiger partial charge in [0, 0.05) is 6.92 Å². The smallest absolute Gasteiger partial charge is 0.217 e. The van der Waals surface area contributed by atoms with Crippen LogP contribution in [0.3, 0.4) is 0 Å². The molecule has 0 aromatic rings. The Hall–Kier alpha value is -1.35. The van der Waals surface area contributed by atoms with E-state index in [2.05, 4.69) is 11.9 Å². The van der Waals surface area contributed by atoms with Crippen LogP contribution in [0.15, 0.2) is 12.7 Å². The Morgan fingerprint density at radius 3 is 2.00 bits per heavy atom. The zero-order valence-electron chi connectivity index (χ0n) is 21.5. The number of hydrogen-bond acceptors (Lipinski definition) is 15. The fourth-order valence-corrected chi connectivity index (χ4v) is 4.69. The first-order valence-electron chi connectivity index (χ1n) is 12.5. The average Bonchev–Trinajstić information content (AvgIpc) is 2.90. The Balaban J connectivity index is 1.82. The Labute approximate surface area is 224 Å². The minimum atomic E-state index is -1.82. The molecule has 3 heterocycles. The first kappa shape index (κ1) is 32.2. The number of amides is 1. The molecule has 3 aliphatic heterocycles. The monoisotopic (exact) mass is 569 g/mol. The minimum absolute atomic E-state index is 0.0218. The molecule has 1 amide bonds. The van der Waals surface area contributed by atoms with E-state index in [-0.39, 0.29) is 6.61 Å². The van der Waals surface area contributed by atoms with Gasteiger partial charge in [0.15, 0.2) is 18.9 Å². The summed E-state index contributed by atoms with van der Waals surface area (Å²) >= 11 is 0. The van der Waals surface area contributed by atoms with Crippen molar-refractivity contribution in [2.45, 2.75) is 106 Å². The molecule has 0 radical (unpaired) electrons. The van der Waals surface area contributed by atoms with Crippen LogP contribution in [0.25, 0.3) is 0 Å². The van der Waals surface area contributed by atoms with E-state index < -0.39 is 111 Å². The van der Waals surface area contributed by atoms with Crippen LogP contribution in [0, 0.1) is 0 Å². The fourth-order valence-electron chi connectivity index (χ4n) is 4.69. The number of aliphatic hydroxyl groups is 8. The van der Waals surface area contributed by atoms with Crippen molar-refractivity contribution in [1.82, 2.24) is 5.32 Å². The zero-order valence-corrected chi connectivity index (χ0v) is 21.5. The molecule has 0 spiro atoms. The van der Waals surface area contributed by atoms with Crippen molar-refractivity contribution in [1.29, 1.82) is 0 Å². The molecule has 3 saturated heterocycles. The van der Waals surface area contributed by atoms with Gasteiger partial charge in [0.25, 0.3) is 0 Å². The molecule has 16 nitrogen and oxygen atoms in total. The van der Waals surface area contributed by atoms with E-state index >= 15 is 0 Å². The molecule has 15 atom stereocenters. The van der Waals surface area contributed by atoms with Gasteiger partial charge in [-0.15, -0.1) is 6.58 Å². The third-order valence-electron chi connectivity index (χ3n) is 6.81. The number of rotatable bonds is 10. The Morgan fingerprint density at radius 1 is 0.795 bits per heavy atom. The Kier molecular flexibility index (Phi) is 11.6. The van der Waals surface area contributed by atoms with Gasteiger partial charge >= 0.3 is 0 Å². The lowest BCUT2D eigenvalue weighted by Crippen LogP contribution is -2.69. The molecule has 226 valence electrons. The molecule has 0 aromatic carbocycles. The van der Waals surface area contributed by atoms with E-state index in [1.54, 1.807) is 0 Å². The molecule has 9 N–H and O–H groups in total. The first-order valence-corrected chi connectivity index (χ1v) is 12.5. The maximum absolute atomic E-state index is 12.0. The zero-order chi connectivity index (χ0) is 29.0. The van der Waals surface area contributed by atoms with Crippen LogP contribution >= 0.6 is 0 Å². The maximum Gasteiger partial charge on any atom is 0.217 e. The van der Waals surface area contributed by atoms with E-state index in [0.29, 0.717) is 0 Å². The number of carbonyl (C=O) groups excluding carboxylic acids is 1. The van der Waals surface area contributed by atoms with Gasteiger partial charge in [0.05, 0.1) is 25.9 Å². The van der Waals surface area contributed by atoms with Crippen LogP contribution in [0.2, 0.25) is 0 Å². The summed E-state index contributed by atoms with van der Waals surface area (Å²) < 4.78 is 33.4. The lowest BCUT2D eigenvalue weighted by atomic mass is 9.94. The molecule has 3 aliphatic rings. The summed E-state index contributed by atoms with van der Waals surface area (Å²) in [6, 6.07) is -1.40. The predicted molar refractivity (Wildman–Crippen MR) is 125 cm³/mol. The average molecular weight is 570 g/mol. The van der Waals surface area contributed by atoms with Crippen molar-refractivity contribution in [2.24, 2.45) is 0 Å². The van der Waals surface area contributed by atoms with Crippen LogP contribution in [0.1, 0.15) is 13.8 Å². The van der Waals surface area contributed by atoms with Gasteiger partial charge in [-0.3, -0.25) is 4.79 Å². The molecule has 16 heteroatoms. The summed E-state index contributed by atoms with van der Waals surface area (Å²) in [5, 5.41) is 84.9. The number of ether oxygens (including phenoxy) is 6. The van der Waals surface area contributed by atoms with Crippen LogP contribution in [-0.4, -0.2) is 159 Å². The van der Waals surface area contributed by atoms with Gasteiger partial charge in [-0.25, -0.2) is 0 Å². The van der Waals surface area contributed by atoms with E-state index in [1.807, 2.05) is 0 Å². The largest absolute Gasteiger partial charge is 0.394 e. The van der Waals surface area contributed by atoms with Gasteiger partial charge in [-0.1, -0.05) is 6.08 Å². The second-order valence-electron chi connectivity index (χ2n) is 9.65. The molecule has 0 aromatic heterocycles. The standard InChI is InChI=1S/C23H39NO15/c1-4-5-34-22-18(33)20(13(28)8(2)35-22)39-21-12(24-9(3)27)15(30)19(11(7-26)37-21)38-23-17(32)16(31)14(29)10(6-25)36-23/h4,8,10-23,25-26,28-33H,1,5-7H2,2-3H3,(H,24,27)/t8-,10+,11+,12+,13+,14-,15+,16-,17+,18-,19+,20+,21-,22+,23-/m0/s1. The predicted octanol–water partition coefficient (Wildman–Crippen LogP) is -5.19. The van der Waals surface area contributed by atoms with Crippen LogP contribution < -0.4 is 5.32 Å². The molecule has 39 heavy (non-hydrogen) atoms. The number of carbonyl (C=O) groups is 1. The van der Waals surface area contributed by atoms with Gasteiger partial charge in [0.2, 0.25) is 5.91 Å². The quantitative estimate of drug-likeness (QED) is 0.112. The second kappa shape index (κ2) is 14.0. The van der Waals surface area contributed by atoms with Crippen molar-refractivity contribution in [3.8, 4) is 0 Å². The van der Waals surface area contributed by atoms with Gasteiger partial charge in [0.1, 0.15) is 67.1 Å². The summed E-state index contributed by atoms with van der Waals surface area (Å²) in [6.45, 7) is 4.70. The van der Waals surface area contributed by atoms with E-state index in [4.69, 9.17) is 28.4 Å². The van der Waals surface area contributed by atoms with Crippen molar-refractivity contribution >= 4 is 5.91 Å². The molecular formula is C23H39NO15. The highest BCUT2D eigenvalue weighted by Crippen LogP contribution is 2.32. The van der Waals surface area contributed by atoms with Crippen molar-refractivity contribution in [2.75, 3.05) is 19.8 Å². The topological polar surface area (TPSA) is 246 Å². The van der Waals surface area contributed by atoms with Gasteiger partial charge in [-0.05, 0) is 6.92 Å². The summed E-state index contributed by atoms with van der Waals surface area (Å²) in [6.07, 6.45) is -19.3. The normalized spacial score (nSPS) is 47.0. The minimum Gasteiger partial charge on any atom is -0.394 e. The lowest BCUT2D eigenvalue weighted by Gasteiger charge is -2.49. The number of hydrogen-bond donors (Lipinski definition) is 9. The SMILES string of the molecule is C=CCO[C@@H]1O[C@@H](C)[C@@H](O)[C@@H](O[C@@H]2O[C@H](CO)[C@@H](O[C@@H]3O[C@H](CO)[C@H](O)[C@H](O)[C@H]3O)[C@H](O)[C@H]2NC(C)=O)[C@@H]1O. The van der Waals surface area contributed by atoms with Crippen LogP contribution in [0.4, 0.5) is 0 Å². The summed E-state index contributed by atoms with van der Waals surface area (Å²) in [4.78, 5) is 12.0.